The summed E-state index contributed by atoms with van der Waals surface area (Å²) in [6.07, 6.45) is -1.57. The van der Waals surface area contributed by atoms with Gasteiger partial charge >= 0.3 is 6.18 Å². The van der Waals surface area contributed by atoms with Crippen molar-refractivity contribution in [3.05, 3.63) is 65.3 Å². The Hall–Kier alpha value is -2.74. The summed E-state index contributed by atoms with van der Waals surface area (Å²) in [5.74, 6) is 0.648. The highest BCUT2D eigenvalue weighted by atomic mass is 19.4. The predicted molar refractivity (Wildman–Crippen MR) is 93.5 cm³/mol. The standard InChI is InChI=1S/C19H19F3N4O/c1-3-13-4-9-16(23-10-13)11-26(2)12-17-24-18(25-27-17)14-5-7-15(8-6-14)19(20,21)22/h4-10H,3,11-12H2,1-2H3. The third-order valence-corrected chi connectivity index (χ3v) is 4.07. The number of rotatable bonds is 6. The van der Waals surface area contributed by atoms with E-state index in [0.717, 1.165) is 24.2 Å². The van der Waals surface area contributed by atoms with Gasteiger partial charge in [0.15, 0.2) is 0 Å². The van der Waals surface area contributed by atoms with Crippen LogP contribution >= 0.6 is 0 Å². The SMILES string of the molecule is CCc1ccc(CN(C)Cc2nc(-c3ccc(C(F)(F)F)cc3)no2)nc1. The molecule has 0 radical (unpaired) electrons. The molecule has 0 bridgehead atoms. The van der Waals surface area contributed by atoms with Crippen LogP contribution in [0, 0.1) is 0 Å². The minimum atomic E-state index is -4.37. The fourth-order valence-electron chi connectivity index (χ4n) is 2.57. The topological polar surface area (TPSA) is 55.1 Å². The summed E-state index contributed by atoms with van der Waals surface area (Å²) in [5, 5.41) is 3.85. The van der Waals surface area contributed by atoms with Crippen LogP contribution in [0.5, 0.6) is 0 Å². The van der Waals surface area contributed by atoms with Crippen molar-refractivity contribution in [3.63, 3.8) is 0 Å². The van der Waals surface area contributed by atoms with E-state index in [1.54, 1.807) is 0 Å². The normalized spacial score (nSPS) is 11.9. The molecule has 0 unspecified atom stereocenters. The van der Waals surface area contributed by atoms with Crippen LogP contribution < -0.4 is 0 Å². The lowest BCUT2D eigenvalue weighted by Crippen LogP contribution is -2.18. The Morgan fingerprint density at radius 3 is 2.37 bits per heavy atom. The Morgan fingerprint density at radius 1 is 1.04 bits per heavy atom. The van der Waals surface area contributed by atoms with Gasteiger partial charge in [0.2, 0.25) is 11.7 Å². The van der Waals surface area contributed by atoms with E-state index in [1.807, 2.05) is 30.3 Å². The Kier molecular flexibility index (Phi) is 5.55. The molecule has 3 rings (SSSR count). The zero-order valence-corrected chi connectivity index (χ0v) is 15.0. The minimum absolute atomic E-state index is 0.262. The van der Waals surface area contributed by atoms with Crippen molar-refractivity contribution in [1.82, 2.24) is 20.0 Å². The molecule has 3 aromatic rings. The van der Waals surface area contributed by atoms with Crippen molar-refractivity contribution in [2.24, 2.45) is 0 Å². The van der Waals surface area contributed by atoms with Gasteiger partial charge in [-0.25, -0.2) is 0 Å². The third kappa shape index (κ3) is 4.91. The molecule has 0 fully saturated rings. The van der Waals surface area contributed by atoms with Crippen LogP contribution in [-0.4, -0.2) is 27.1 Å². The van der Waals surface area contributed by atoms with Crippen LogP contribution in [0.25, 0.3) is 11.4 Å². The van der Waals surface area contributed by atoms with Gasteiger partial charge in [-0.05, 0) is 37.2 Å². The van der Waals surface area contributed by atoms with Crippen LogP contribution in [0.4, 0.5) is 13.2 Å². The molecule has 8 heteroatoms. The molecule has 2 aromatic heterocycles. The van der Waals surface area contributed by atoms with Crippen LogP contribution in [0.1, 0.15) is 29.6 Å². The first kappa shape index (κ1) is 19.0. The molecule has 27 heavy (non-hydrogen) atoms. The summed E-state index contributed by atoms with van der Waals surface area (Å²) in [5.41, 5.74) is 1.87. The molecule has 0 aliphatic heterocycles. The molecule has 5 nitrogen and oxygen atoms in total. The monoisotopic (exact) mass is 376 g/mol. The maximum atomic E-state index is 12.6. The molecule has 0 spiro atoms. The molecule has 0 saturated carbocycles. The number of alkyl halides is 3. The minimum Gasteiger partial charge on any atom is -0.338 e. The van der Waals surface area contributed by atoms with Gasteiger partial charge in [-0.1, -0.05) is 30.3 Å². The maximum absolute atomic E-state index is 12.6. The molecule has 0 aliphatic rings. The zero-order valence-electron chi connectivity index (χ0n) is 15.0. The molecule has 142 valence electrons. The van der Waals surface area contributed by atoms with Crippen LogP contribution in [-0.2, 0) is 25.7 Å². The quantitative estimate of drug-likeness (QED) is 0.640. The van der Waals surface area contributed by atoms with E-state index in [-0.39, 0.29) is 5.82 Å². The van der Waals surface area contributed by atoms with Gasteiger partial charge in [-0.3, -0.25) is 9.88 Å². The van der Waals surface area contributed by atoms with Crippen molar-refractivity contribution < 1.29 is 17.7 Å². The first-order chi connectivity index (χ1) is 12.8. The molecule has 0 aliphatic carbocycles. The van der Waals surface area contributed by atoms with E-state index in [4.69, 9.17) is 4.52 Å². The smallest absolute Gasteiger partial charge is 0.338 e. The fourth-order valence-corrected chi connectivity index (χ4v) is 2.57. The third-order valence-electron chi connectivity index (χ3n) is 4.07. The zero-order chi connectivity index (χ0) is 19.4. The molecular weight excluding hydrogens is 357 g/mol. The molecule has 0 atom stereocenters. The lowest BCUT2D eigenvalue weighted by Gasteiger charge is -2.13. The summed E-state index contributed by atoms with van der Waals surface area (Å²) in [7, 11) is 1.90. The second-order valence-corrected chi connectivity index (χ2v) is 6.27. The van der Waals surface area contributed by atoms with Crippen LogP contribution in [0.15, 0.2) is 47.1 Å². The molecule has 0 amide bonds. The molecular formula is C19H19F3N4O. The Labute approximate surface area is 154 Å². The highest BCUT2D eigenvalue weighted by Gasteiger charge is 2.30. The summed E-state index contributed by atoms with van der Waals surface area (Å²) in [6, 6.07) is 8.70. The summed E-state index contributed by atoms with van der Waals surface area (Å²) in [6.45, 7) is 3.10. The van der Waals surface area contributed by atoms with E-state index in [9.17, 15) is 13.2 Å². The Bertz CT molecular complexity index is 873. The molecule has 0 N–H and O–H groups in total. The van der Waals surface area contributed by atoms with Crippen molar-refractivity contribution >= 4 is 0 Å². The lowest BCUT2D eigenvalue weighted by molar-refractivity contribution is -0.137. The number of halogens is 3. The van der Waals surface area contributed by atoms with Crippen molar-refractivity contribution in [2.45, 2.75) is 32.6 Å². The maximum Gasteiger partial charge on any atom is 0.416 e. The van der Waals surface area contributed by atoms with Gasteiger partial charge in [-0.2, -0.15) is 18.2 Å². The van der Waals surface area contributed by atoms with Crippen molar-refractivity contribution in [1.29, 1.82) is 0 Å². The highest BCUT2D eigenvalue weighted by molar-refractivity contribution is 5.54. The van der Waals surface area contributed by atoms with E-state index in [1.165, 1.54) is 17.7 Å². The predicted octanol–water partition coefficient (Wildman–Crippen LogP) is 4.34. The van der Waals surface area contributed by atoms with Gasteiger partial charge in [0.25, 0.3) is 0 Å². The summed E-state index contributed by atoms with van der Waals surface area (Å²) < 4.78 is 43.1. The van der Waals surface area contributed by atoms with Crippen molar-refractivity contribution in [2.75, 3.05) is 7.05 Å². The van der Waals surface area contributed by atoms with E-state index >= 15 is 0 Å². The Morgan fingerprint density at radius 2 is 1.78 bits per heavy atom. The number of hydrogen-bond acceptors (Lipinski definition) is 5. The first-order valence-corrected chi connectivity index (χ1v) is 8.47. The Balaban J connectivity index is 1.63. The average molecular weight is 376 g/mol. The van der Waals surface area contributed by atoms with Crippen molar-refractivity contribution in [3.8, 4) is 11.4 Å². The molecule has 1 aromatic carbocycles. The number of aryl methyl sites for hydroxylation is 1. The number of benzene rings is 1. The number of hydrogen-bond donors (Lipinski definition) is 0. The van der Waals surface area contributed by atoms with Crippen LogP contribution in [0.2, 0.25) is 0 Å². The van der Waals surface area contributed by atoms with E-state index in [0.29, 0.717) is 24.5 Å². The van der Waals surface area contributed by atoms with Gasteiger partial charge in [0, 0.05) is 18.3 Å². The number of nitrogens with zero attached hydrogens (tertiary/aromatic N) is 4. The summed E-state index contributed by atoms with van der Waals surface area (Å²) in [4.78, 5) is 10.6. The van der Waals surface area contributed by atoms with Gasteiger partial charge in [0.05, 0.1) is 17.8 Å². The van der Waals surface area contributed by atoms with Crippen LogP contribution in [0.3, 0.4) is 0 Å². The van der Waals surface area contributed by atoms with E-state index < -0.39 is 11.7 Å². The fraction of sp³-hybridized carbons (Fsp3) is 0.316. The van der Waals surface area contributed by atoms with Gasteiger partial charge in [0.1, 0.15) is 0 Å². The second-order valence-electron chi connectivity index (χ2n) is 6.27. The lowest BCUT2D eigenvalue weighted by atomic mass is 10.1. The largest absolute Gasteiger partial charge is 0.416 e. The second kappa shape index (κ2) is 7.87. The van der Waals surface area contributed by atoms with Gasteiger partial charge < -0.3 is 4.52 Å². The number of aromatic nitrogens is 3. The average Bonchev–Trinajstić information content (AvgIpc) is 3.10. The van der Waals surface area contributed by atoms with Gasteiger partial charge in [-0.15, -0.1) is 0 Å². The summed E-state index contributed by atoms with van der Waals surface area (Å²) >= 11 is 0. The molecule has 2 heterocycles. The van der Waals surface area contributed by atoms with E-state index in [2.05, 4.69) is 22.0 Å². The molecule has 0 saturated heterocycles. The highest BCUT2D eigenvalue weighted by Crippen LogP contribution is 2.30. The number of pyridine rings is 1. The first-order valence-electron chi connectivity index (χ1n) is 8.47.